The molecule has 8 heteroatoms. The molecule has 2 heterocycles. The highest BCUT2D eigenvalue weighted by atomic mass is 16.5. The highest BCUT2D eigenvalue weighted by Crippen LogP contribution is 2.16. The predicted octanol–water partition coefficient (Wildman–Crippen LogP) is 6.70. The molecule has 0 bridgehead atoms. The van der Waals surface area contributed by atoms with E-state index in [-0.39, 0.29) is 18.3 Å². The lowest BCUT2D eigenvalue weighted by molar-refractivity contribution is -0.120. The van der Waals surface area contributed by atoms with E-state index in [1.165, 1.54) is 16.5 Å². The zero-order valence-corrected chi connectivity index (χ0v) is 25.3. The Kier molecular flexibility index (Phi) is 11.8. The maximum absolute atomic E-state index is 12.3. The van der Waals surface area contributed by atoms with Crippen molar-refractivity contribution in [3.63, 3.8) is 0 Å². The summed E-state index contributed by atoms with van der Waals surface area (Å²) in [6, 6.07) is 29.7. The van der Waals surface area contributed by atoms with Crippen LogP contribution in [0.1, 0.15) is 35.1 Å². The van der Waals surface area contributed by atoms with Crippen LogP contribution in [0.15, 0.2) is 110 Å². The second kappa shape index (κ2) is 16.4. The summed E-state index contributed by atoms with van der Waals surface area (Å²) >= 11 is 0. The van der Waals surface area contributed by atoms with Crippen molar-refractivity contribution in [3.05, 3.63) is 132 Å². The number of nitrogens with zero attached hydrogens (tertiary/aromatic N) is 2. The van der Waals surface area contributed by atoms with Gasteiger partial charge in [0.2, 0.25) is 5.91 Å². The third-order valence-electron chi connectivity index (χ3n) is 7.26. The number of aromatic nitrogens is 2. The van der Waals surface area contributed by atoms with Gasteiger partial charge in [0.15, 0.2) is 0 Å². The number of hydrogen-bond acceptors (Lipinski definition) is 5. The van der Waals surface area contributed by atoms with Gasteiger partial charge in [-0.15, -0.1) is 0 Å². The van der Waals surface area contributed by atoms with E-state index in [9.17, 15) is 4.79 Å². The molecule has 3 aromatic carbocycles. The molecule has 44 heavy (non-hydrogen) atoms. The number of ether oxygens (including phenoxy) is 1. The van der Waals surface area contributed by atoms with E-state index in [0.717, 1.165) is 22.4 Å². The van der Waals surface area contributed by atoms with Gasteiger partial charge in [-0.2, -0.15) is 0 Å². The minimum atomic E-state index is -0.131. The van der Waals surface area contributed by atoms with Crippen LogP contribution in [0, 0.1) is 17.7 Å². The van der Waals surface area contributed by atoms with Crippen molar-refractivity contribution in [2.45, 2.75) is 39.2 Å². The number of H-pyrrole nitrogens is 1. The molecule has 0 aliphatic rings. The molecule has 226 valence electrons. The number of fused-ring (bicyclic) bond motifs is 1. The normalized spacial score (nSPS) is 10.4. The van der Waals surface area contributed by atoms with Gasteiger partial charge in [-0.25, -0.2) is 0 Å². The molecule has 0 saturated heterocycles. The Morgan fingerprint density at radius 2 is 1.55 bits per heavy atom. The number of pyridine rings is 1. The van der Waals surface area contributed by atoms with Crippen molar-refractivity contribution in [1.29, 1.82) is 10.8 Å². The number of amides is 1. The van der Waals surface area contributed by atoms with E-state index in [0.29, 0.717) is 38.1 Å². The summed E-state index contributed by atoms with van der Waals surface area (Å²) in [4.78, 5) is 21.3. The minimum Gasteiger partial charge on any atom is -0.497 e. The molecule has 0 radical (unpaired) electrons. The number of carbonyl (C=O) groups excluding carboxylic acids is 1. The van der Waals surface area contributed by atoms with Crippen molar-refractivity contribution in [1.82, 2.24) is 20.2 Å². The number of nitrogens with one attached hydrogen (secondary N) is 4. The van der Waals surface area contributed by atoms with Gasteiger partial charge in [-0.05, 0) is 66.3 Å². The lowest BCUT2D eigenvalue weighted by atomic mass is 10.1. The number of rotatable bonds is 11. The number of para-hydroxylation sites is 1. The third kappa shape index (κ3) is 9.66. The van der Waals surface area contributed by atoms with Gasteiger partial charge in [0.25, 0.3) is 0 Å². The van der Waals surface area contributed by atoms with Crippen LogP contribution in [-0.4, -0.2) is 46.1 Å². The Labute approximate surface area is 259 Å². The highest BCUT2D eigenvalue weighted by Gasteiger charge is 2.17. The lowest BCUT2D eigenvalue weighted by Gasteiger charge is -2.26. The second-order valence-electron chi connectivity index (χ2n) is 10.5. The molecule has 0 saturated carbocycles. The Balaban J connectivity index is 0.000000369. The highest BCUT2D eigenvalue weighted by molar-refractivity contribution is 6.00. The van der Waals surface area contributed by atoms with Crippen molar-refractivity contribution in [2.24, 2.45) is 0 Å². The lowest BCUT2D eigenvalue weighted by Crippen LogP contribution is -2.42. The molecular formula is C36H40N6O2. The number of carbonyl (C=O) groups is 1. The number of benzene rings is 3. The van der Waals surface area contributed by atoms with E-state index < -0.39 is 0 Å². The SMILES string of the molecule is COc1ccc(CN(C(=N)CCc2ccccc2)C(=N)CNC(=O)CCc2cccnc2)cc1.Cc1c[nH]c2ccccc12. The first-order valence-electron chi connectivity index (χ1n) is 14.7. The molecular weight excluding hydrogens is 548 g/mol. The van der Waals surface area contributed by atoms with Gasteiger partial charge in [0, 0.05) is 42.3 Å². The minimum absolute atomic E-state index is 0.0652. The number of hydrogen-bond donors (Lipinski definition) is 4. The van der Waals surface area contributed by atoms with Crippen LogP contribution in [0.2, 0.25) is 0 Å². The molecule has 1 amide bonds. The van der Waals surface area contributed by atoms with Gasteiger partial charge in [-0.3, -0.25) is 20.6 Å². The van der Waals surface area contributed by atoms with Crippen LogP contribution < -0.4 is 10.1 Å². The van der Waals surface area contributed by atoms with Gasteiger partial charge >= 0.3 is 0 Å². The smallest absolute Gasteiger partial charge is 0.220 e. The van der Waals surface area contributed by atoms with Crippen LogP contribution in [-0.2, 0) is 24.2 Å². The van der Waals surface area contributed by atoms with Crippen LogP contribution >= 0.6 is 0 Å². The summed E-state index contributed by atoms with van der Waals surface area (Å²) in [6.07, 6.45) is 7.61. The van der Waals surface area contributed by atoms with Gasteiger partial charge < -0.3 is 19.9 Å². The van der Waals surface area contributed by atoms with Gasteiger partial charge in [0.1, 0.15) is 17.4 Å². The maximum Gasteiger partial charge on any atom is 0.220 e. The average Bonchev–Trinajstić information content (AvgIpc) is 3.46. The molecule has 2 aromatic heterocycles. The number of aryl methyl sites for hydroxylation is 3. The van der Waals surface area contributed by atoms with Crippen LogP contribution in [0.3, 0.4) is 0 Å². The monoisotopic (exact) mass is 588 g/mol. The molecule has 0 atom stereocenters. The fourth-order valence-electron chi connectivity index (χ4n) is 4.70. The first-order valence-corrected chi connectivity index (χ1v) is 14.7. The summed E-state index contributed by atoms with van der Waals surface area (Å²) in [6.45, 7) is 2.55. The number of aromatic amines is 1. The quantitative estimate of drug-likeness (QED) is 0.101. The first-order chi connectivity index (χ1) is 21.4. The molecule has 8 nitrogen and oxygen atoms in total. The molecule has 5 rings (SSSR count). The molecule has 0 fully saturated rings. The fraction of sp³-hybridized carbons (Fsp3) is 0.222. The van der Waals surface area contributed by atoms with Crippen LogP contribution in [0.5, 0.6) is 5.75 Å². The van der Waals surface area contributed by atoms with E-state index in [2.05, 4.69) is 40.4 Å². The Morgan fingerprint density at radius 1 is 0.841 bits per heavy atom. The number of amidine groups is 2. The second-order valence-corrected chi connectivity index (χ2v) is 10.5. The Morgan fingerprint density at radius 3 is 2.25 bits per heavy atom. The molecule has 0 spiro atoms. The van der Waals surface area contributed by atoms with Crippen molar-refractivity contribution >= 4 is 28.5 Å². The topological polar surface area (TPSA) is 118 Å². The van der Waals surface area contributed by atoms with Gasteiger partial charge in [-0.1, -0.05) is 66.7 Å². The largest absolute Gasteiger partial charge is 0.497 e. The molecule has 0 unspecified atom stereocenters. The Hall–Kier alpha value is -5.24. The van der Waals surface area contributed by atoms with Crippen molar-refractivity contribution in [3.8, 4) is 5.75 Å². The Bertz CT molecular complexity index is 1630. The van der Waals surface area contributed by atoms with Crippen molar-refractivity contribution < 1.29 is 9.53 Å². The summed E-state index contributed by atoms with van der Waals surface area (Å²) in [5, 5.41) is 21.4. The van der Waals surface area contributed by atoms with E-state index >= 15 is 0 Å². The van der Waals surface area contributed by atoms with Crippen LogP contribution in [0.4, 0.5) is 0 Å². The fourth-order valence-corrected chi connectivity index (χ4v) is 4.70. The zero-order chi connectivity index (χ0) is 31.1. The van der Waals surface area contributed by atoms with E-state index in [1.807, 2.05) is 79.0 Å². The predicted molar refractivity (Wildman–Crippen MR) is 177 cm³/mol. The summed E-state index contributed by atoms with van der Waals surface area (Å²) in [5.41, 5.74) is 5.64. The average molecular weight is 589 g/mol. The molecule has 5 aromatic rings. The standard InChI is InChI=1S/C27H31N5O2.C9H9N/c1-34-24-13-9-23(10-14-24)20-32(25(28)15-11-21-6-3-2-4-7-21)26(29)19-31-27(33)16-12-22-8-5-17-30-18-22;1-7-6-10-9-5-3-2-4-8(7)9/h2-10,13-14,17-18,28-29H,11-12,15-16,19-20H2,1H3,(H,31,33);2-6,10H,1H3. The molecule has 4 N–H and O–H groups in total. The van der Waals surface area contributed by atoms with E-state index in [4.69, 9.17) is 15.6 Å². The summed E-state index contributed by atoms with van der Waals surface area (Å²) in [5.74, 6) is 1.15. The first kappa shape index (κ1) is 31.7. The van der Waals surface area contributed by atoms with E-state index in [1.54, 1.807) is 24.4 Å². The molecule has 0 aliphatic carbocycles. The van der Waals surface area contributed by atoms with Gasteiger partial charge in [0.05, 0.1) is 20.2 Å². The third-order valence-corrected chi connectivity index (χ3v) is 7.26. The van der Waals surface area contributed by atoms with Crippen molar-refractivity contribution in [2.75, 3.05) is 13.7 Å². The summed E-state index contributed by atoms with van der Waals surface area (Å²) < 4.78 is 5.23. The zero-order valence-electron chi connectivity index (χ0n) is 25.3. The van der Waals surface area contributed by atoms with Crippen LogP contribution in [0.25, 0.3) is 10.9 Å². The summed E-state index contributed by atoms with van der Waals surface area (Å²) in [7, 11) is 1.62. The maximum atomic E-state index is 12.3. The number of methoxy groups -OCH3 is 1. The molecule has 0 aliphatic heterocycles.